The summed E-state index contributed by atoms with van der Waals surface area (Å²) in [7, 11) is -3.20. The van der Waals surface area contributed by atoms with Crippen molar-refractivity contribution < 1.29 is 22.8 Å². The van der Waals surface area contributed by atoms with Crippen molar-refractivity contribution in [3.05, 3.63) is 35.9 Å². The Hall–Kier alpha value is -2.75. The van der Waals surface area contributed by atoms with E-state index in [1.165, 1.54) is 0 Å². The Labute approximate surface area is 181 Å². The van der Waals surface area contributed by atoms with E-state index in [2.05, 4.69) is 10.4 Å². The molecule has 3 heterocycles. The van der Waals surface area contributed by atoms with Crippen molar-refractivity contribution in [3.63, 3.8) is 0 Å². The molecule has 2 atom stereocenters. The van der Waals surface area contributed by atoms with Crippen LogP contribution in [-0.2, 0) is 24.2 Å². The van der Waals surface area contributed by atoms with Gasteiger partial charge in [0.15, 0.2) is 9.84 Å². The minimum absolute atomic E-state index is 0.0128. The second-order valence-corrected chi connectivity index (χ2v) is 10.4. The third-order valence-corrected chi connectivity index (χ3v) is 7.70. The highest BCUT2D eigenvalue weighted by atomic mass is 32.2. The summed E-state index contributed by atoms with van der Waals surface area (Å²) < 4.78 is 23.6. The van der Waals surface area contributed by atoms with Gasteiger partial charge in [0.1, 0.15) is 11.8 Å². The summed E-state index contributed by atoms with van der Waals surface area (Å²) in [5, 5.41) is 8.17. The van der Waals surface area contributed by atoms with Crippen LogP contribution in [0.5, 0.6) is 0 Å². The SMILES string of the molecule is O=C(N[C@@H](C(=O)N1CCCC1)c1ccccc1)C1=NN([C@@H]2CCS(=O)(=O)C2)C(=O)CC1. The fourth-order valence-electron chi connectivity index (χ4n) is 4.26. The highest BCUT2D eigenvalue weighted by molar-refractivity contribution is 7.91. The van der Waals surface area contributed by atoms with E-state index in [-0.39, 0.29) is 41.9 Å². The number of nitrogens with one attached hydrogen (secondary N) is 1. The van der Waals surface area contributed by atoms with Crippen molar-refractivity contribution in [2.75, 3.05) is 24.6 Å². The van der Waals surface area contributed by atoms with Crippen LogP contribution < -0.4 is 5.32 Å². The molecule has 3 aliphatic rings. The number of sulfone groups is 1. The molecule has 0 spiro atoms. The molecule has 3 aliphatic heterocycles. The van der Waals surface area contributed by atoms with Crippen molar-refractivity contribution in [2.24, 2.45) is 5.10 Å². The van der Waals surface area contributed by atoms with Gasteiger partial charge in [-0.1, -0.05) is 30.3 Å². The second-order valence-electron chi connectivity index (χ2n) is 8.19. The first-order chi connectivity index (χ1) is 14.8. The molecule has 9 nitrogen and oxygen atoms in total. The number of hydrogen-bond acceptors (Lipinski definition) is 6. The van der Waals surface area contributed by atoms with E-state index >= 15 is 0 Å². The second kappa shape index (κ2) is 8.78. The van der Waals surface area contributed by atoms with Gasteiger partial charge in [0.2, 0.25) is 11.8 Å². The molecular weight excluding hydrogens is 420 g/mol. The Morgan fingerprint density at radius 2 is 1.81 bits per heavy atom. The largest absolute Gasteiger partial charge is 0.341 e. The van der Waals surface area contributed by atoms with Gasteiger partial charge in [-0.2, -0.15) is 5.10 Å². The predicted molar refractivity (Wildman–Crippen MR) is 114 cm³/mol. The quantitative estimate of drug-likeness (QED) is 0.712. The summed E-state index contributed by atoms with van der Waals surface area (Å²) >= 11 is 0. The number of likely N-dealkylation sites (tertiary alicyclic amines) is 1. The summed E-state index contributed by atoms with van der Waals surface area (Å²) in [6.07, 6.45) is 2.43. The molecule has 0 radical (unpaired) electrons. The normalized spacial score (nSPS) is 24.1. The molecule has 2 fully saturated rings. The van der Waals surface area contributed by atoms with E-state index in [0.717, 1.165) is 17.9 Å². The van der Waals surface area contributed by atoms with Crippen LogP contribution in [0.2, 0.25) is 0 Å². The summed E-state index contributed by atoms with van der Waals surface area (Å²) in [5.41, 5.74) is 0.818. The molecule has 166 valence electrons. The first kappa shape index (κ1) is 21.5. The maximum atomic E-state index is 13.1. The van der Waals surface area contributed by atoms with E-state index in [1.807, 2.05) is 18.2 Å². The van der Waals surface area contributed by atoms with Crippen molar-refractivity contribution in [1.29, 1.82) is 0 Å². The third-order valence-electron chi connectivity index (χ3n) is 5.95. The number of carbonyl (C=O) groups is 3. The smallest absolute Gasteiger partial charge is 0.268 e. The minimum Gasteiger partial charge on any atom is -0.341 e. The van der Waals surface area contributed by atoms with Gasteiger partial charge in [0, 0.05) is 25.9 Å². The van der Waals surface area contributed by atoms with E-state index in [4.69, 9.17) is 0 Å². The van der Waals surface area contributed by atoms with Crippen LogP contribution in [0.4, 0.5) is 0 Å². The average Bonchev–Trinajstić information content (AvgIpc) is 3.42. The topological polar surface area (TPSA) is 116 Å². The zero-order valence-corrected chi connectivity index (χ0v) is 18.0. The van der Waals surface area contributed by atoms with Crippen LogP contribution in [0.1, 0.15) is 43.7 Å². The molecule has 4 rings (SSSR count). The lowest BCUT2D eigenvalue weighted by molar-refractivity contribution is -0.135. The molecule has 10 heteroatoms. The van der Waals surface area contributed by atoms with E-state index < -0.39 is 27.8 Å². The fourth-order valence-corrected chi connectivity index (χ4v) is 5.95. The Kier molecular flexibility index (Phi) is 6.08. The van der Waals surface area contributed by atoms with Crippen LogP contribution >= 0.6 is 0 Å². The van der Waals surface area contributed by atoms with Crippen LogP contribution in [0.15, 0.2) is 35.4 Å². The molecular formula is C21H26N4O5S. The zero-order valence-electron chi connectivity index (χ0n) is 17.2. The lowest BCUT2D eigenvalue weighted by Gasteiger charge is -2.29. The predicted octanol–water partition coefficient (Wildman–Crippen LogP) is 0.632. The fraction of sp³-hybridized carbons (Fsp3) is 0.524. The van der Waals surface area contributed by atoms with Crippen molar-refractivity contribution in [3.8, 4) is 0 Å². The molecule has 0 aliphatic carbocycles. The Morgan fingerprint density at radius 1 is 1.10 bits per heavy atom. The minimum atomic E-state index is -3.20. The molecule has 1 aromatic rings. The highest BCUT2D eigenvalue weighted by Crippen LogP contribution is 2.23. The summed E-state index contributed by atoms with van der Waals surface area (Å²) in [4.78, 5) is 40.2. The van der Waals surface area contributed by atoms with Gasteiger partial charge in [-0.25, -0.2) is 13.4 Å². The van der Waals surface area contributed by atoms with Gasteiger partial charge in [-0.3, -0.25) is 14.4 Å². The van der Waals surface area contributed by atoms with Crippen molar-refractivity contribution in [1.82, 2.24) is 15.2 Å². The molecule has 0 unspecified atom stereocenters. The summed E-state index contributed by atoms with van der Waals surface area (Å²) in [6, 6.07) is 7.66. The number of nitrogens with zero attached hydrogens (tertiary/aromatic N) is 3. The number of hydrazone groups is 1. The zero-order chi connectivity index (χ0) is 22.0. The van der Waals surface area contributed by atoms with Gasteiger partial charge in [0.05, 0.1) is 17.5 Å². The molecule has 0 saturated carbocycles. The molecule has 1 aromatic carbocycles. The monoisotopic (exact) mass is 446 g/mol. The molecule has 3 amide bonds. The van der Waals surface area contributed by atoms with Crippen LogP contribution in [-0.4, -0.2) is 72.4 Å². The van der Waals surface area contributed by atoms with E-state index in [0.29, 0.717) is 25.1 Å². The number of amides is 3. The summed E-state index contributed by atoms with van der Waals surface area (Å²) in [6.45, 7) is 1.33. The number of carbonyl (C=O) groups excluding carboxylic acids is 3. The summed E-state index contributed by atoms with van der Waals surface area (Å²) in [5.74, 6) is -1.09. The number of hydrogen-bond donors (Lipinski definition) is 1. The van der Waals surface area contributed by atoms with Crippen LogP contribution in [0.3, 0.4) is 0 Å². The first-order valence-corrected chi connectivity index (χ1v) is 12.4. The van der Waals surface area contributed by atoms with Crippen molar-refractivity contribution in [2.45, 2.75) is 44.2 Å². The van der Waals surface area contributed by atoms with Gasteiger partial charge >= 0.3 is 0 Å². The van der Waals surface area contributed by atoms with Crippen molar-refractivity contribution >= 4 is 33.3 Å². The van der Waals surface area contributed by atoms with Gasteiger partial charge in [-0.15, -0.1) is 0 Å². The molecule has 2 saturated heterocycles. The van der Waals surface area contributed by atoms with E-state index in [9.17, 15) is 22.8 Å². The van der Waals surface area contributed by atoms with Crippen LogP contribution in [0, 0.1) is 0 Å². The lowest BCUT2D eigenvalue weighted by Crippen LogP contribution is -2.47. The first-order valence-electron chi connectivity index (χ1n) is 10.6. The average molecular weight is 447 g/mol. The Morgan fingerprint density at radius 3 is 2.45 bits per heavy atom. The lowest BCUT2D eigenvalue weighted by atomic mass is 10.0. The highest BCUT2D eigenvalue weighted by Gasteiger charge is 2.38. The number of benzene rings is 1. The van der Waals surface area contributed by atoms with Crippen LogP contribution in [0.25, 0.3) is 0 Å². The molecule has 1 N–H and O–H groups in total. The standard InChI is InChI=1S/C21H26N4O5S/c26-18-9-8-17(23-25(18)16-10-13-31(29,30)14-16)20(27)22-19(15-6-2-1-3-7-15)21(28)24-11-4-5-12-24/h1-3,6-7,16,19H,4-5,8-14H2,(H,22,27)/t16-,19-/m1/s1. The Bertz CT molecular complexity index is 1000. The van der Waals surface area contributed by atoms with Gasteiger partial charge < -0.3 is 10.2 Å². The van der Waals surface area contributed by atoms with E-state index in [1.54, 1.807) is 17.0 Å². The maximum absolute atomic E-state index is 13.1. The number of rotatable bonds is 5. The van der Waals surface area contributed by atoms with Gasteiger partial charge in [-0.05, 0) is 24.8 Å². The molecule has 31 heavy (non-hydrogen) atoms. The molecule has 0 bridgehead atoms. The Balaban J connectivity index is 1.54. The van der Waals surface area contributed by atoms with Gasteiger partial charge in [0.25, 0.3) is 5.91 Å². The third kappa shape index (κ3) is 4.79. The maximum Gasteiger partial charge on any atom is 0.268 e. The molecule has 0 aromatic heterocycles.